The fraction of sp³-hybridized carbons (Fsp3) is 0.500. The van der Waals surface area contributed by atoms with Crippen molar-refractivity contribution in [2.75, 3.05) is 7.05 Å². The number of nitrogens with zero attached hydrogens (tertiary/aromatic N) is 2. The summed E-state index contributed by atoms with van der Waals surface area (Å²) in [6.07, 6.45) is 3.71. The van der Waals surface area contributed by atoms with Crippen LogP contribution in [-0.4, -0.2) is 29.2 Å². The van der Waals surface area contributed by atoms with Crippen molar-refractivity contribution in [1.29, 1.82) is 0 Å². The van der Waals surface area contributed by atoms with Crippen LogP contribution in [0.2, 0.25) is 5.02 Å². The van der Waals surface area contributed by atoms with Crippen molar-refractivity contribution in [1.82, 2.24) is 10.1 Å². The Kier molecular flexibility index (Phi) is 3.50. The van der Waals surface area contributed by atoms with Crippen molar-refractivity contribution in [2.45, 2.75) is 50.1 Å². The molecule has 0 radical (unpaired) electrons. The summed E-state index contributed by atoms with van der Waals surface area (Å²) in [5.74, 6) is 1.90. The van der Waals surface area contributed by atoms with Gasteiger partial charge in [0, 0.05) is 29.1 Å². The van der Waals surface area contributed by atoms with E-state index in [-0.39, 0.29) is 0 Å². The summed E-state index contributed by atoms with van der Waals surface area (Å²) in [5.41, 5.74) is 2.33. The molecule has 0 aliphatic carbocycles. The molecule has 0 saturated carbocycles. The molecule has 2 saturated heterocycles. The number of fused-ring (bicyclic) bond motifs is 2. The molecule has 4 heteroatoms. The molecule has 3 nitrogen and oxygen atoms in total. The van der Waals surface area contributed by atoms with E-state index in [1.54, 1.807) is 0 Å². The smallest absolute Gasteiger partial charge is 0.142 e. The van der Waals surface area contributed by atoms with Crippen molar-refractivity contribution in [3.05, 3.63) is 52.4 Å². The van der Waals surface area contributed by atoms with E-state index in [1.165, 1.54) is 24.8 Å². The largest absolute Gasteiger partial charge is 0.361 e. The minimum absolute atomic E-state index is 0.381. The summed E-state index contributed by atoms with van der Waals surface area (Å²) in [6.45, 7) is 1.99. The molecule has 3 unspecified atom stereocenters. The molecule has 3 heterocycles. The number of piperidine rings is 1. The highest BCUT2D eigenvalue weighted by Crippen LogP contribution is 2.50. The summed E-state index contributed by atoms with van der Waals surface area (Å²) in [6, 6.07) is 11.7. The molecule has 1 aromatic heterocycles. The number of benzene rings is 1. The number of aryl methyl sites for hydroxylation is 1. The third-order valence-electron chi connectivity index (χ3n) is 5.54. The molecule has 4 atom stereocenters. The van der Waals surface area contributed by atoms with E-state index in [0.29, 0.717) is 23.9 Å². The van der Waals surface area contributed by atoms with Gasteiger partial charge in [0.1, 0.15) is 5.76 Å². The van der Waals surface area contributed by atoms with Crippen molar-refractivity contribution in [2.24, 2.45) is 0 Å². The second-order valence-electron chi connectivity index (χ2n) is 6.75. The van der Waals surface area contributed by atoms with E-state index >= 15 is 0 Å². The summed E-state index contributed by atoms with van der Waals surface area (Å²) in [5, 5.41) is 4.92. The Balaban J connectivity index is 1.76. The van der Waals surface area contributed by atoms with Gasteiger partial charge in [-0.15, -0.1) is 0 Å². The number of halogens is 1. The number of hydrogen-bond acceptors (Lipinski definition) is 3. The summed E-state index contributed by atoms with van der Waals surface area (Å²) < 4.78 is 5.68. The Morgan fingerprint density at radius 1 is 1.23 bits per heavy atom. The van der Waals surface area contributed by atoms with Crippen molar-refractivity contribution < 1.29 is 4.52 Å². The van der Waals surface area contributed by atoms with E-state index in [4.69, 9.17) is 16.1 Å². The first-order valence-electron chi connectivity index (χ1n) is 8.04. The second-order valence-corrected chi connectivity index (χ2v) is 7.19. The molecule has 2 fully saturated rings. The Labute approximate surface area is 136 Å². The number of likely N-dealkylation sites (N-methyl/N-ethyl adjacent to an activating group) is 1. The summed E-state index contributed by atoms with van der Waals surface area (Å²) in [4.78, 5) is 2.55. The molecule has 116 valence electrons. The zero-order chi connectivity index (χ0) is 15.3. The SMILES string of the molecule is Cc1cc([C@H]2C(c3ccc(Cl)cc3)CC3CCC2N3C)on1. The quantitative estimate of drug-likeness (QED) is 0.824. The highest BCUT2D eigenvalue weighted by Gasteiger charge is 2.47. The predicted octanol–water partition coefficient (Wildman–Crippen LogP) is 4.37. The second kappa shape index (κ2) is 5.39. The van der Waals surface area contributed by atoms with Crippen LogP contribution < -0.4 is 0 Å². The lowest BCUT2D eigenvalue weighted by Crippen LogP contribution is -2.44. The van der Waals surface area contributed by atoms with E-state index in [2.05, 4.69) is 35.3 Å². The first-order chi connectivity index (χ1) is 10.6. The van der Waals surface area contributed by atoms with Crippen LogP contribution in [0.15, 0.2) is 34.9 Å². The minimum Gasteiger partial charge on any atom is -0.361 e. The van der Waals surface area contributed by atoms with E-state index in [1.807, 2.05) is 19.1 Å². The third kappa shape index (κ3) is 2.27. The maximum absolute atomic E-state index is 6.06. The molecule has 22 heavy (non-hydrogen) atoms. The molecule has 2 aliphatic heterocycles. The molecule has 4 rings (SSSR count). The lowest BCUT2D eigenvalue weighted by atomic mass is 9.75. The van der Waals surface area contributed by atoms with Gasteiger partial charge >= 0.3 is 0 Å². The minimum atomic E-state index is 0.381. The Morgan fingerprint density at radius 3 is 2.68 bits per heavy atom. The zero-order valence-electron chi connectivity index (χ0n) is 13.0. The first kappa shape index (κ1) is 14.3. The van der Waals surface area contributed by atoms with Crippen LogP contribution in [0, 0.1) is 6.92 Å². The van der Waals surface area contributed by atoms with Crippen molar-refractivity contribution >= 4 is 11.6 Å². The van der Waals surface area contributed by atoms with Gasteiger partial charge in [-0.05, 0) is 56.8 Å². The molecular weight excluding hydrogens is 296 g/mol. The van der Waals surface area contributed by atoms with E-state index in [9.17, 15) is 0 Å². The highest BCUT2D eigenvalue weighted by atomic mass is 35.5. The van der Waals surface area contributed by atoms with Crippen LogP contribution in [0.5, 0.6) is 0 Å². The maximum atomic E-state index is 6.06. The number of hydrogen-bond donors (Lipinski definition) is 0. The van der Waals surface area contributed by atoms with Crippen LogP contribution >= 0.6 is 11.6 Å². The number of rotatable bonds is 2. The molecule has 1 aromatic carbocycles. The lowest BCUT2D eigenvalue weighted by Gasteiger charge is -2.42. The van der Waals surface area contributed by atoms with E-state index < -0.39 is 0 Å². The van der Waals surface area contributed by atoms with Crippen LogP contribution in [0.1, 0.15) is 48.1 Å². The Morgan fingerprint density at radius 2 is 2.00 bits per heavy atom. The Bertz CT molecular complexity index is 666. The standard InChI is InChI=1S/C18H21ClN2O/c1-11-9-17(22-20-11)18-15(12-3-5-13(19)6-4-12)10-14-7-8-16(18)21(14)2/h3-6,9,14-16,18H,7-8,10H2,1-2H3/t14?,15?,16?,18-/m0/s1. The van der Waals surface area contributed by atoms with Gasteiger partial charge in [-0.2, -0.15) is 0 Å². The average molecular weight is 317 g/mol. The van der Waals surface area contributed by atoms with Gasteiger partial charge in [-0.3, -0.25) is 4.90 Å². The first-order valence-corrected chi connectivity index (χ1v) is 8.42. The molecule has 0 amide bonds. The third-order valence-corrected chi connectivity index (χ3v) is 5.79. The maximum Gasteiger partial charge on any atom is 0.142 e. The average Bonchev–Trinajstić information content (AvgIpc) is 3.02. The van der Waals surface area contributed by atoms with Gasteiger partial charge in [0.05, 0.1) is 5.69 Å². The van der Waals surface area contributed by atoms with Gasteiger partial charge in [-0.25, -0.2) is 0 Å². The van der Waals surface area contributed by atoms with Gasteiger partial charge in [-0.1, -0.05) is 28.9 Å². The van der Waals surface area contributed by atoms with Crippen LogP contribution in [0.3, 0.4) is 0 Å². The molecule has 0 spiro atoms. The molecule has 2 bridgehead atoms. The monoisotopic (exact) mass is 316 g/mol. The van der Waals surface area contributed by atoms with Crippen LogP contribution in [-0.2, 0) is 0 Å². The van der Waals surface area contributed by atoms with Gasteiger partial charge < -0.3 is 4.52 Å². The van der Waals surface area contributed by atoms with Gasteiger partial charge in [0.2, 0.25) is 0 Å². The fourth-order valence-electron chi connectivity index (χ4n) is 4.45. The summed E-state index contributed by atoms with van der Waals surface area (Å²) in [7, 11) is 2.26. The van der Waals surface area contributed by atoms with Crippen molar-refractivity contribution in [3.8, 4) is 0 Å². The van der Waals surface area contributed by atoms with Crippen LogP contribution in [0.4, 0.5) is 0 Å². The van der Waals surface area contributed by atoms with Crippen LogP contribution in [0.25, 0.3) is 0 Å². The molecule has 0 N–H and O–H groups in total. The lowest BCUT2D eigenvalue weighted by molar-refractivity contribution is 0.122. The normalized spacial score (nSPS) is 31.6. The molecule has 2 aliphatic rings. The predicted molar refractivity (Wildman–Crippen MR) is 87.4 cm³/mol. The molecule has 2 aromatic rings. The molecular formula is C18H21ClN2O. The zero-order valence-corrected chi connectivity index (χ0v) is 13.8. The van der Waals surface area contributed by atoms with Crippen molar-refractivity contribution in [3.63, 3.8) is 0 Å². The number of aromatic nitrogens is 1. The van der Waals surface area contributed by atoms with Gasteiger partial charge in [0.25, 0.3) is 0 Å². The topological polar surface area (TPSA) is 29.3 Å². The highest BCUT2D eigenvalue weighted by molar-refractivity contribution is 6.30. The fourth-order valence-corrected chi connectivity index (χ4v) is 4.57. The van der Waals surface area contributed by atoms with E-state index in [0.717, 1.165) is 16.5 Å². The Hall–Kier alpha value is -1.32. The summed E-state index contributed by atoms with van der Waals surface area (Å²) >= 11 is 6.06. The van der Waals surface area contributed by atoms with Gasteiger partial charge in [0.15, 0.2) is 0 Å².